The lowest BCUT2D eigenvalue weighted by atomic mass is 10.2. The summed E-state index contributed by atoms with van der Waals surface area (Å²) in [5.74, 6) is 0. The molecule has 2 aromatic rings. The van der Waals surface area contributed by atoms with Crippen LogP contribution in [0.5, 0.6) is 0 Å². The van der Waals surface area contributed by atoms with Crippen LogP contribution in [0.15, 0.2) is 18.2 Å². The number of hydrogen-bond donors (Lipinski definition) is 0. The molecule has 0 aliphatic heterocycles. The summed E-state index contributed by atoms with van der Waals surface area (Å²) in [5.41, 5.74) is 0.967. The van der Waals surface area contributed by atoms with E-state index in [1.54, 1.807) is 16.9 Å². The van der Waals surface area contributed by atoms with E-state index in [0.29, 0.717) is 17.6 Å². The number of hydrogen-bond acceptors (Lipinski definition) is 4. The van der Waals surface area contributed by atoms with E-state index in [-0.39, 0.29) is 5.69 Å². The molecule has 6 nitrogen and oxygen atoms in total. The number of aryl methyl sites for hydroxylation is 1. The van der Waals surface area contributed by atoms with Gasteiger partial charge in [0, 0.05) is 6.07 Å². The Morgan fingerprint density at radius 3 is 2.88 bits per heavy atom. The van der Waals surface area contributed by atoms with Gasteiger partial charge >= 0.3 is 0 Å². The number of nitro benzene ring substituents is 1. The second kappa shape index (κ2) is 4.90. The molecule has 6 heteroatoms. The van der Waals surface area contributed by atoms with Crippen molar-refractivity contribution in [2.24, 2.45) is 0 Å². The van der Waals surface area contributed by atoms with Crippen LogP contribution in [0.3, 0.4) is 0 Å². The molecule has 0 fully saturated rings. The van der Waals surface area contributed by atoms with Crippen LogP contribution in [-0.2, 0) is 6.54 Å². The SMILES string of the molecule is CCCCCn1nc2cccc([N+](=O)[O-])c2n1. The Labute approximate surface area is 98.4 Å². The molecule has 1 aromatic heterocycles. The van der Waals surface area contributed by atoms with E-state index >= 15 is 0 Å². The van der Waals surface area contributed by atoms with Gasteiger partial charge in [0.25, 0.3) is 5.69 Å². The van der Waals surface area contributed by atoms with Gasteiger partial charge in [-0.3, -0.25) is 10.1 Å². The van der Waals surface area contributed by atoms with E-state index in [2.05, 4.69) is 17.1 Å². The molecule has 0 unspecified atom stereocenters. The quantitative estimate of drug-likeness (QED) is 0.452. The normalized spacial score (nSPS) is 10.9. The second-order valence-electron chi connectivity index (χ2n) is 3.90. The zero-order chi connectivity index (χ0) is 12.3. The van der Waals surface area contributed by atoms with Crippen molar-refractivity contribution in [3.05, 3.63) is 28.3 Å². The van der Waals surface area contributed by atoms with Gasteiger partial charge in [-0.1, -0.05) is 25.8 Å². The number of rotatable bonds is 5. The van der Waals surface area contributed by atoms with Crippen molar-refractivity contribution in [1.29, 1.82) is 0 Å². The molecular weight excluding hydrogens is 220 g/mol. The molecule has 1 heterocycles. The van der Waals surface area contributed by atoms with E-state index in [9.17, 15) is 10.1 Å². The van der Waals surface area contributed by atoms with E-state index in [1.807, 2.05) is 0 Å². The fourth-order valence-corrected chi connectivity index (χ4v) is 1.72. The van der Waals surface area contributed by atoms with Crippen LogP contribution in [0.25, 0.3) is 11.0 Å². The summed E-state index contributed by atoms with van der Waals surface area (Å²) in [6.07, 6.45) is 3.23. The highest BCUT2D eigenvalue weighted by atomic mass is 16.6. The monoisotopic (exact) mass is 234 g/mol. The summed E-state index contributed by atoms with van der Waals surface area (Å²) < 4.78 is 0. The average molecular weight is 234 g/mol. The Morgan fingerprint density at radius 2 is 2.18 bits per heavy atom. The topological polar surface area (TPSA) is 73.8 Å². The number of nitrogens with zero attached hydrogens (tertiary/aromatic N) is 4. The second-order valence-corrected chi connectivity index (χ2v) is 3.90. The number of non-ortho nitro benzene ring substituents is 1. The van der Waals surface area contributed by atoms with Crippen molar-refractivity contribution in [1.82, 2.24) is 15.0 Å². The van der Waals surface area contributed by atoms with Crippen molar-refractivity contribution in [2.75, 3.05) is 0 Å². The lowest BCUT2D eigenvalue weighted by Gasteiger charge is -1.96. The molecule has 1 aromatic carbocycles. The molecule has 0 spiro atoms. The van der Waals surface area contributed by atoms with Crippen LogP contribution < -0.4 is 0 Å². The maximum Gasteiger partial charge on any atom is 0.299 e. The summed E-state index contributed by atoms with van der Waals surface area (Å²) in [7, 11) is 0. The molecule has 0 radical (unpaired) electrons. The molecule has 0 amide bonds. The number of aromatic nitrogens is 3. The summed E-state index contributed by atoms with van der Waals surface area (Å²) >= 11 is 0. The van der Waals surface area contributed by atoms with Gasteiger partial charge in [0.2, 0.25) is 0 Å². The Hall–Kier alpha value is -1.98. The van der Waals surface area contributed by atoms with Crippen LogP contribution in [0.4, 0.5) is 5.69 Å². The maximum absolute atomic E-state index is 10.8. The van der Waals surface area contributed by atoms with Gasteiger partial charge in [-0.2, -0.15) is 9.90 Å². The molecule has 0 saturated heterocycles. The number of benzene rings is 1. The highest BCUT2D eigenvalue weighted by Crippen LogP contribution is 2.21. The third-order valence-electron chi connectivity index (χ3n) is 2.59. The van der Waals surface area contributed by atoms with Gasteiger partial charge < -0.3 is 0 Å². The lowest BCUT2D eigenvalue weighted by molar-refractivity contribution is -0.383. The third-order valence-corrected chi connectivity index (χ3v) is 2.59. The Balaban J connectivity index is 2.30. The minimum absolute atomic E-state index is 0.0178. The molecule has 0 aliphatic carbocycles. The smallest absolute Gasteiger partial charge is 0.258 e. The predicted molar refractivity (Wildman–Crippen MR) is 63.7 cm³/mol. The van der Waals surface area contributed by atoms with Crippen LogP contribution >= 0.6 is 0 Å². The minimum Gasteiger partial charge on any atom is -0.258 e. The standard InChI is InChI=1S/C11H14N4O2/c1-2-3-4-8-14-12-9-6-5-7-10(15(16)17)11(9)13-14/h5-7H,2-4,8H2,1H3. The van der Waals surface area contributed by atoms with E-state index in [0.717, 1.165) is 19.3 Å². The Bertz CT molecular complexity index is 535. The average Bonchev–Trinajstić information content (AvgIpc) is 2.71. The van der Waals surface area contributed by atoms with Crippen LogP contribution in [0.2, 0.25) is 0 Å². The summed E-state index contributed by atoms with van der Waals surface area (Å²) in [4.78, 5) is 11.9. The van der Waals surface area contributed by atoms with Crippen molar-refractivity contribution in [2.45, 2.75) is 32.7 Å². The zero-order valence-electron chi connectivity index (χ0n) is 9.67. The van der Waals surface area contributed by atoms with E-state index in [1.165, 1.54) is 6.07 Å². The van der Waals surface area contributed by atoms with E-state index in [4.69, 9.17) is 0 Å². The maximum atomic E-state index is 10.8. The van der Waals surface area contributed by atoms with Gasteiger partial charge in [-0.15, -0.1) is 5.10 Å². The summed E-state index contributed by atoms with van der Waals surface area (Å²) in [6.45, 7) is 2.83. The van der Waals surface area contributed by atoms with Gasteiger partial charge in [-0.05, 0) is 12.5 Å². The Morgan fingerprint density at radius 1 is 1.35 bits per heavy atom. The molecule has 0 N–H and O–H groups in total. The molecule has 17 heavy (non-hydrogen) atoms. The first-order valence-corrected chi connectivity index (χ1v) is 5.70. The van der Waals surface area contributed by atoms with Gasteiger partial charge in [-0.25, -0.2) is 0 Å². The lowest BCUT2D eigenvalue weighted by Crippen LogP contribution is -2.01. The minimum atomic E-state index is -0.423. The predicted octanol–water partition coefficient (Wildman–Crippen LogP) is 2.53. The van der Waals surface area contributed by atoms with E-state index < -0.39 is 4.92 Å². The Kier molecular flexibility index (Phi) is 3.32. The highest BCUT2D eigenvalue weighted by Gasteiger charge is 2.15. The fourth-order valence-electron chi connectivity index (χ4n) is 1.72. The van der Waals surface area contributed by atoms with Crippen LogP contribution in [-0.4, -0.2) is 19.9 Å². The zero-order valence-corrected chi connectivity index (χ0v) is 9.67. The van der Waals surface area contributed by atoms with Crippen LogP contribution in [0, 0.1) is 10.1 Å². The van der Waals surface area contributed by atoms with Gasteiger partial charge in [0.1, 0.15) is 5.52 Å². The molecule has 0 bridgehead atoms. The largest absolute Gasteiger partial charge is 0.299 e. The van der Waals surface area contributed by atoms with Crippen molar-refractivity contribution in [3.8, 4) is 0 Å². The first-order valence-electron chi connectivity index (χ1n) is 5.70. The molecular formula is C11H14N4O2. The summed E-state index contributed by atoms with van der Waals surface area (Å²) in [5, 5.41) is 19.2. The fraction of sp³-hybridized carbons (Fsp3) is 0.455. The van der Waals surface area contributed by atoms with Gasteiger partial charge in [0.05, 0.1) is 11.5 Å². The number of unbranched alkanes of at least 4 members (excludes halogenated alkanes) is 2. The molecule has 2 rings (SSSR count). The summed E-state index contributed by atoms with van der Waals surface area (Å²) in [6, 6.07) is 4.82. The third kappa shape index (κ3) is 2.41. The molecule has 0 aliphatic rings. The highest BCUT2D eigenvalue weighted by molar-refractivity contribution is 5.83. The first-order chi connectivity index (χ1) is 8.22. The van der Waals surface area contributed by atoms with Crippen molar-refractivity contribution in [3.63, 3.8) is 0 Å². The molecule has 0 atom stereocenters. The van der Waals surface area contributed by atoms with Crippen LogP contribution in [0.1, 0.15) is 26.2 Å². The first kappa shape index (κ1) is 11.5. The van der Waals surface area contributed by atoms with Crippen molar-refractivity contribution >= 4 is 16.7 Å². The van der Waals surface area contributed by atoms with Crippen molar-refractivity contribution < 1.29 is 4.92 Å². The molecule has 0 saturated carbocycles. The molecule has 90 valence electrons. The number of nitro groups is 1. The number of fused-ring (bicyclic) bond motifs is 1. The van der Waals surface area contributed by atoms with Gasteiger partial charge in [0.15, 0.2) is 5.52 Å².